The molecule has 0 saturated carbocycles. The predicted molar refractivity (Wildman–Crippen MR) is 332 cm³/mol. The molecule has 2 nitrogen and oxygen atoms in total. The van der Waals surface area contributed by atoms with E-state index < -0.39 is 8.07 Å². The number of hydrogen-bond donors (Lipinski definition) is 0. The first-order valence-electron chi connectivity index (χ1n) is 26.7. The fraction of sp³-hybridized carbons (Fsp3) is 0.0270. The van der Waals surface area contributed by atoms with Crippen LogP contribution in [0, 0.1) is 0 Å². The van der Waals surface area contributed by atoms with Crippen molar-refractivity contribution in [1.82, 2.24) is 0 Å². The van der Waals surface area contributed by atoms with Crippen molar-refractivity contribution in [2.75, 3.05) is 9.80 Å². The van der Waals surface area contributed by atoms with E-state index in [0.29, 0.717) is 0 Å². The molecular formula is C74H54N2Si. The molecule has 77 heavy (non-hydrogen) atoms. The molecular weight excluding hydrogens is 945 g/mol. The quantitative estimate of drug-likeness (QED) is 0.0995. The molecule has 14 rings (SSSR count). The number of fused-ring (bicyclic) bond motifs is 6. The van der Waals surface area contributed by atoms with Gasteiger partial charge in [0.1, 0.15) is 8.07 Å². The number of rotatable bonds is 10. The van der Waals surface area contributed by atoms with Crippen LogP contribution in [0.3, 0.4) is 0 Å². The van der Waals surface area contributed by atoms with E-state index in [4.69, 9.17) is 0 Å². The van der Waals surface area contributed by atoms with E-state index in [2.05, 4.69) is 314 Å². The van der Waals surface area contributed by atoms with Gasteiger partial charge in [0.2, 0.25) is 0 Å². The van der Waals surface area contributed by atoms with Crippen LogP contribution in [0.4, 0.5) is 34.1 Å². The molecule has 0 N–H and O–H groups in total. The van der Waals surface area contributed by atoms with Gasteiger partial charge in [0.15, 0.2) is 0 Å². The van der Waals surface area contributed by atoms with Gasteiger partial charge in [0.05, 0.1) is 5.69 Å². The SMILES string of the molecule is C[Si]1(C)c2cc(N(c3ccc(-c4ccccc4)cc3)c3ccc(-c4ccccc4)cc3)ccc2-c2cc3c4ccccc4c(N(c4ccc(-c5ccccc5)cc4)c4ccc(-c5ccccc5)cc4)cc3c3cccc1c23. The van der Waals surface area contributed by atoms with Crippen LogP contribution < -0.4 is 20.2 Å². The minimum absolute atomic E-state index is 1.11. The molecule has 3 heteroatoms. The molecule has 0 unspecified atom stereocenters. The topological polar surface area (TPSA) is 6.48 Å². The van der Waals surface area contributed by atoms with Crippen LogP contribution in [0.1, 0.15) is 0 Å². The molecule has 0 aliphatic carbocycles. The molecule has 13 aromatic rings. The largest absolute Gasteiger partial charge is 0.311 e. The minimum atomic E-state index is -2.33. The summed E-state index contributed by atoms with van der Waals surface area (Å²) in [7, 11) is -2.33. The van der Waals surface area contributed by atoms with Crippen molar-refractivity contribution in [2.24, 2.45) is 0 Å². The smallest absolute Gasteiger partial charge is 0.113 e. The third-order valence-corrected chi connectivity index (χ3v) is 19.6. The van der Waals surface area contributed by atoms with Crippen molar-refractivity contribution in [3.05, 3.63) is 291 Å². The molecule has 0 bridgehead atoms. The van der Waals surface area contributed by atoms with Crippen molar-refractivity contribution >= 4 is 84.9 Å². The summed E-state index contributed by atoms with van der Waals surface area (Å²) >= 11 is 0. The second kappa shape index (κ2) is 19.0. The lowest BCUT2D eigenvalue weighted by molar-refractivity contribution is 1.29. The standard InChI is InChI=1S/C74H54N2Si/c1-77(2)72-29-17-28-67-69-50-71(76(61-42-34-57(35-43-61)53-22-11-5-12-23-53)62-44-36-58(37-45-62)54-24-13-6-14-25-54)65-27-16-15-26-64(65)68(69)49-70(74(67)72)66-47-46-63(48-73(66)77)75(59-38-30-55(31-39-59)51-18-7-3-8-19-51)60-40-32-56(33-41-60)52-20-9-4-10-21-52/h3-50H,1-2H3. The lowest BCUT2D eigenvalue weighted by Gasteiger charge is -2.36. The molecule has 13 aromatic carbocycles. The molecule has 1 aliphatic heterocycles. The zero-order valence-electron chi connectivity index (χ0n) is 43.1. The normalized spacial score (nSPS) is 12.4. The Bertz CT molecular complexity index is 4120. The monoisotopic (exact) mass is 998 g/mol. The van der Waals surface area contributed by atoms with Gasteiger partial charge in [-0.15, -0.1) is 0 Å². The fourth-order valence-electron chi connectivity index (χ4n) is 12.1. The number of hydrogen-bond acceptors (Lipinski definition) is 2. The average Bonchev–Trinajstić information content (AvgIpc) is 3.64. The lowest BCUT2D eigenvalue weighted by atomic mass is 9.89. The summed E-state index contributed by atoms with van der Waals surface area (Å²) in [6.07, 6.45) is 0. The molecule has 0 fully saturated rings. The molecule has 0 amide bonds. The van der Waals surface area contributed by atoms with Gasteiger partial charge < -0.3 is 9.80 Å². The van der Waals surface area contributed by atoms with Crippen LogP contribution in [0.15, 0.2) is 291 Å². The predicted octanol–water partition coefficient (Wildman–Crippen LogP) is 19.6. The molecule has 0 aromatic heterocycles. The molecule has 0 saturated heterocycles. The molecule has 364 valence electrons. The van der Waals surface area contributed by atoms with Gasteiger partial charge in [0, 0.05) is 33.8 Å². The summed E-state index contributed by atoms with van der Waals surface area (Å²) in [5.41, 5.74) is 19.0. The van der Waals surface area contributed by atoms with Gasteiger partial charge >= 0.3 is 0 Å². The summed E-state index contributed by atoms with van der Waals surface area (Å²) < 4.78 is 0. The minimum Gasteiger partial charge on any atom is -0.311 e. The van der Waals surface area contributed by atoms with Crippen molar-refractivity contribution in [1.29, 1.82) is 0 Å². The Morgan fingerprint density at radius 2 is 0.597 bits per heavy atom. The van der Waals surface area contributed by atoms with E-state index in [1.165, 1.54) is 98.3 Å². The van der Waals surface area contributed by atoms with Crippen LogP contribution >= 0.6 is 0 Å². The highest BCUT2D eigenvalue weighted by atomic mass is 28.3. The molecule has 0 spiro atoms. The number of anilines is 6. The highest BCUT2D eigenvalue weighted by Crippen LogP contribution is 2.48. The van der Waals surface area contributed by atoms with Crippen LogP contribution in [0.2, 0.25) is 13.1 Å². The highest BCUT2D eigenvalue weighted by Gasteiger charge is 2.37. The van der Waals surface area contributed by atoms with Crippen LogP contribution in [-0.4, -0.2) is 8.07 Å². The first kappa shape index (κ1) is 46.0. The third kappa shape index (κ3) is 8.12. The lowest BCUT2D eigenvalue weighted by Crippen LogP contribution is -2.56. The Morgan fingerprint density at radius 3 is 1.05 bits per heavy atom. The Morgan fingerprint density at radius 1 is 0.234 bits per heavy atom. The zero-order chi connectivity index (χ0) is 51.5. The van der Waals surface area contributed by atoms with Gasteiger partial charge in [-0.1, -0.05) is 231 Å². The maximum Gasteiger partial charge on any atom is 0.113 e. The van der Waals surface area contributed by atoms with E-state index in [1.54, 1.807) is 0 Å². The summed E-state index contributed by atoms with van der Waals surface area (Å²) in [5.74, 6) is 0. The Hall–Kier alpha value is -9.54. The highest BCUT2D eigenvalue weighted by molar-refractivity contribution is 7.03. The van der Waals surface area contributed by atoms with Crippen molar-refractivity contribution in [3.8, 4) is 55.6 Å². The molecule has 0 atom stereocenters. The van der Waals surface area contributed by atoms with E-state index in [1.807, 2.05) is 0 Å². The van der Waals surface area contributed by atoms with Gasteiger partial charge in [-0.3, -0.25) is 0 Å². The maximum absolute atomic E-state index is 2.55. The third-order valence-electron chi connectivity index (χ3n) is 16.0. The fourth-order valence-corrected chi connectivity index (χ4v) is 15.2. The number of nitrogens with zero attached hydrogens (tertiary/aromatic N) is 2. The van der Waals surface area contributed by atoms with Gasteiger partial charge in [-0.2, -0.15) is 0 Å². The van der Waals surface area contributed by atoms with Crippen molar-refractivity contribution in [3.63, 3.8) is 0 Å². The van der Waals surface area contributed by atoms with Crippen LogP contribution in [0.25, 0.3) is 88.0 Å². The van der Waals surface area contributed by atoms with E-state index in [0.717, 1.165) is 34.1 Å². The number of benzene rings is 13. The Labute approximate surface area is 452 Å². The zero-order valence-corrected chi connectivity index (χ0v) is 44.1. The van der Waals surface area contributed by atoms with E-state index >= 15 is 0 Å². The van der Waals surface area contributed by atoms with Gasteiger partial charge in [-0.05, 0) is 166 Å². The second-order valence-corrected chi connectivity index (χ2v) is 25.2. The van der Waals surface area contributed by atoms with E-state index in [9.17, 15) is 0 Å². The average molecular weight is 999 g/mol. The Kier molecular flexibility index (Phi) is 11.3. The summed E-state index contributed by atoms with van der Waals surface area (Å²) in [5, 5.41) is 10.6. The first-order chi connectivity index (χ1) is 37.9. The van der Waals surface area contributed by atoms with Crippen molar-refractivity contribution in [2.45, 2.75) is 13.1 Å². The summed E-state index contributed by atoms with van der Waals surface area (Å²) in [6.45, 7) is 5.11. The summed E-state index contributed by atoms with van der Waals surface area (Å²) in [6, 6.07) is 107. The summed E-state index contributed by atoms with van der Waals surface area (Å²) in [4.78, 5) is 4.91. The van der Waals surface area contributed by atoms with E-state index in [-0.39, 0.29) is 0 Å². The maximum atomic E-state index is 2.55. The van der Waals surface area contributed by atoms with Crippen molar-refractivity contribution < 1.29 is 0 Å². The van der Waals surface area contributed by atoms with Gasteiger partial charge in [-0.25, -0.2) is 0 Å². The molecule has 0 radical (unpaired) electrons. The first-order valence-corrected chi connectivity index (χ1v) is 29.7. The Balaban J connectivity index is 0.934. The van der Waals surface area contributed by atoms with Crippen LogP contribution in [0.5, 0.6) is 0 Å². The van der Waals surface area contributed by atoms with Crippen LogP contribution in [-0.2, 0) is 0 Å². The second-order valence-electron chi connectivity index (χ2n) is 20.9. The van der Waals surface area contributed by atoms with Gasteiger partial charge in [0.25, 0.3) is 0 Å². The molecule has 1 aliphatic rings. The molecule has 1 heterocycles.